The molecule has 0 spiro atoms. The fraction of sp³-hybridized carbons (Fsp3) is 0.417. The molecule has 0 aromatic heterocycles. The van der Waals surface area contributed by atoms with Gasteiger partial charge in [0, 0.05) is 0 Å². The van der Waals surface area contributed by atoms with Crippen LogP contribution in [0.5, 0.6) is 0 Å². The largest absolute Gasteiger partial charge is 0.467 e. The average Bonchev–Trinajstić information content (AvgIpc) is 2.96. The lowest BCUT2D eigenvalue weighted by Gasteiger charge is -2.03. The van der Waals surface area contributed by atoms with Crippen LogP contribution in [0.2, 0.25) is 0 Å². The molecule has 1 aromatic carbocycles. The number of carbonyl (C=O) groups excluding carboxylic acids is 1. The highest BCUT2D eigenvalue weighted by molar-refractivity contribution is 5.78. The van der Waals surface area contributed by atoms with Crippen LogP contribution in [0.3, 0.4) is 0 Å². The molecular formula is C12H14O3. The van der Waals surface area contributed by atoms with Crippen molar-refractivity contribution in [1.82, 2.24) is 0 Å². The van der Waals surface area contributed by atoms with E-state index in [0.29, 0.717) is 0 Å². The molecule has 0 bridgehead atoms. The zero-order valence-electron chi connectivity index (χ0n) is 9.11. The second-order valence-corrected chi connectivity index (χ2v) is 3.86. The van der Waals surface area contributed by atoms with E-state index >= 15 is 0 Å². The summed E-state index contributed by atoms with van der Waals surface area (Å²) in [5, 5.41) is 0. The Bertz CT molecular complexity index is 398. The van der Waals surface area contributed by atoms with Crippen molar-refractivity contribution in [3.8, 4) is 0 Å². The molecule has 3 nitrogen and oxygen atoms in total. The van der Waals surface area contributed by atoms with Gasteiger partial charge >= 0.3 is 5.97 Å². The number of methoxy groups -OCH3 is 1. The fourth-order valence-corrected chi connectivity index (χ4v) is 1.79. The zero-order chi connectivity index (χ0) is 11.0. The summed E-state index contributed by atoms with van der Waals surface area (Å²) in [6.07, 6.45) is -0.519. The van der Waals surface area contributed by atoms with E-state index < -0.39 is 6.10 Å². The molecule has 15 heavy (non-hydrogen) atoms. The molecule has 1 saturated heterocycles. The maximum absolute atomic E-state index is 11.2. The van der Waals surface area contributed by atoms with Crippen molar-refractivity contribution in [1.29, 1.82) is 0 Å². The van der Waals surface area contributed by atoms with E-state index in [-0.39, 0.29) is 12.1 Å². The molecule has 1 aliphatic rings. The van der Waals surface area contributed by atoms with E-state index in [9.17, 15) is 4.79 Å². The maximum Gasteiger partial charge on any atom is 0.338 e. The van der Waals surface area contributed by atoms with Gasteiger partial charge in [0.05, 0.1) is 7.11 Å². The summed E-state index contributed by atoms with van der Waals surface area (Å²) in [5.74, 6) is -0.292. The number of hydrogen-bond acceptors (Lipinski definition) is 3. The van der Waals surface area contributed by atoms with Gasteiger partial charge in [0.25, 0.3) is 0 Å². The highest BCUT2D eigenvalue weighted by Gasteiger charge is 2.47. The van der Waals surface area contributed by atoms with Crippen LogP contribution in [-0.4, -0.2) is 19.2 Å². The molecule has 1 aliphatic heterocycles. The molecule has 80 valence electrons. The Labute approximate surface area is 89.0 Å². The Morgan fingerprint density at radius 2 is 2.13 bits per heavy atom. The molecule has 0 amide bonds. The Kier molecular flexibility index (Phi) is 2.49. The number of rotatable bonds is 2. The lowest BCUT2D eigenvalue weighted by molar-refractivity contribution is -0.142. The lowest BCUT2D eigenvalue weighted by Crippen LogP contribution is -2.09. The highest BCUT2D eigenvalue weighted by Crippen LogP contribution is 2.40. The van der Waals surface area contributed by atoms with Gasteiger partial charge in [-0.05, 0) is 25.0 Å². The van der Waals surface area contributed by atoms with E-state index in [1.54, 1.807) is 0 Å². The number of ether oxygens (including phenoxy) is 2. The minimum absolute atomic E-state index is 0.113. The van der Waals surface area contributed by atoms with Crippen LogP contribution in [0, 0.1) is 13.8 Å². The van der Waals surface area contributed by atoms with Gasteiger partial charge in [-0.2, -0.15) is 0 Å². The van der Waals surface area contributed by atoms with Crippen LogP contribution >= 0.6 is 0 Å². The molecule has 2 atom stereocenters. The number of benzene rings is 1. The third kappa shape index (κ3) is 1.88. The van der Waals surface area contributed by atoms with Gasteiger partial charge in [0.2, 0.25) is 0 Å². The minimum atomic E-state index is -0.406. The molecule has 0 saturated carbocycles. The minimum Gasteiger partial charge on any atom is -0.467 e. The highest BCUT2D eigenvalue weighted by atomic mass is 16.6. The maximum atomic E-state index is 11.2. The van der Waals surface area contributed by atoms with Crippen molar-refractivity contribution in [2.24, 2.45) is 0 Å². The van der Waals surface area contributed by atoms with E-state index in [1.807, 2.05) is 26.0 Å². The Hall–Kier alpha value is -1.35. The Morgan fingerprint density at radius 3 is 2.73 bits per heavy atom. The summed E-state index contributed by atoms with van der Waals surface area (Å²) in [6, 6.07) is 6.13. The third-order valence-electron chi connectivity index (χ3n) is 2.66. The van der Waals surface area contributed by atoms with Crippen molar-refractivity contribution in [3.05, 3.63) is 34.9 Å². The van der Waals surface area contributed by atoms with Gasteiger partial charge in [-0.15, -0.1) is 0 Å². The van der Waals surface area contributed by atoms with Gasteiger partial charge in [0.1, 0.15) is 6.10 Å². The summed E-state index contributed by atoms with van der Waals surface area (Å²) in [6.45, 7) is 4.07. The van der Waals surface area contributed by atoms with Gasteiger partial charge in [-0.1, -0.05) is 23.8 Å². The summed E-state index contributed by atoms with van der Waals surface area (Å²) in [7, 11) is 1.38. The van der Waals surface area contributed by atoms with E-state index in [0.717, 1.165) is 11.1 Å². The smallest absolute Gasteiger partial charge is 0.338 e. The predicted octanol–water partition coefficient (Wildman–Crippen LogP) is 1.92. The molecule has 3 heteroatoms. The van der Waals surface area contributed by atoms with Crippen LogP contribution in [0.15, 0.2) is 18.2 Å². The second-order valence-electron chi connectivity index (χ2n) is 3.86. The van der Waals surface area contributed by atoms with Crippen molar-refractivity contribution in [2.75, 3.05) is 7.11 Å². The normalized spacial score (nSPS) is 23.7. The molecule has 0 aliphatic carbocycles. The number of esters is 1. The van der Waals surface area contributed by atoms with Crippen LogP contribution in [-0.2, 0) is 14.3 Å². The first-order valence-corrected chi connectivity index (χ1v) is 4.94. The molecule has 2 unspecified atom stereocenters. The molecule has 1 fully saturated rings. The Morgan fingerprint density at radius 1 is 1.40 bits per heavy atom. The fourth-order valence-electron chi connectivity index (χ4n) is 1.79. The molecule has 2 rings (SSSR count). The van der Waals surface area contributed by atoms with Gasteiger partial charge in [-0.3, -0.25) is 0 Å². The SMILES string of the molecule is COC(=O)C1OC1c1ccc(C)cc1C. The monoisotopic (exact) mass is 206 g/mol. The van der Waals surface area contributed by atoms with Crippen LogP contribution < -0.4 is 0 Å². The van der Waals surface area contributed by atoms with Crippen molar-refractivity contribution in [3.63, 3.8) is 0 Å². The first-order valence-electron chi connectivity index (χ1n) is 4.94. The number of carbonyl (C=O) groups is 1. The second kappa shape index (κ2) is 3.66. The number of aryl methyl sites for hydroxylation is 2. The molecule has 0 radical (unpaired) electrons. The number of epoxide rings is 1. The van der Waals surface area contributed by atoms with E-state index in [4.69, 9.17) is 4.74 Å². The molecule has 0 N–H and O–H groups in total. The third-order valence-corrected chi connectivity index (χ3v) is 2.66. The predicted molar refractivity (Wildman–Crippen MR) is 55.5 cm³/mol. The summed E-state index contributed by atoms with van der Waals surface area (Å²) in [4.78, 5) is 11.2. The van der Waals surface area contributed by atoms with Gasteiger partial charge < -0.3 is 9.47 Å². The summed E-state index contributed by atoms with van der Waals surface area (Å²) >= 11 is 0. The summed E-state index contributed by atoms with van der Waals surface area (Å²) in [5.41, 5.74) is 3.45. The van der Waals surface area contributed by atoms with Crippen LogP contribution in [0.1, 0.15) is 22.8 Å². The van der Waals surface area contributed by atoms with Crippen molar-refractivity contribution in [2.45, 2.75) is 26.1 Å². The van der Waals surface area contributed by atoms with Crippen LogP contribution in [0.4, 0.5) is 0 Å². The van der Waals surface area contributed by atoms with Gasteiger partial charge in [0.15, 0.2) is 6.10 Å². The molecular weight excluding hydrogens is 192 g/mol. The topological polar surface area (TPSA) is 38.8 Å². The Balaban J connectivity index is 2.16. The summed E-state index contributed by atoms with van der Waals surface area (Å²) < 4.78 is 9.93. The molecule has 1 aromatic rings. The first kappa shape index (κ1) is 10.2. The number of hydrogen-bond donors (Lipinski definition) is 0. The van der Waals surface area contributed by atoms with Gasteiger partial charge in [-0.25, -0.2) is 4.79 Å². The van der Waals surface area contributed by atoms with Crippen molar-refractivity contribution >= 4 is 5.97 Å². The van der Waals surface area contributed by atoms with Crippen LogP contribution in [0.25, 0.3) is 0 Å². The quantitative estimate of drug-likeness (QED) is 0.548. The average molecular weight is 206 g/mol. The molecule has 1 heterocycles. The van der Waals surface area contributed by atoms with E-state index in [1.165, 1.54) is 12.7 Å². The van der Waals surface area contributed by atoms with E-state index in [2.05, 4.69) is 10.8 Å². The van der Waals surface area contributed by atoms with Crippen molar-refractivity contribution < 1.29 is 14.3 Å². The lowest BCUT2D eigenvalue weighted by atomic mass is 10.0. The standard InChI is InChI=1S/C12H14O3/c1-7-4-5-9(8(2)6-7)10-11(15-10)12(13)14-3/h4-6,10-11H,1-3H3. The first-order chi connectivity index (χ1) is 7.13. The zero-order valence-corrected chi connectivity index (χ0v) is 9.11.